The average Bonchev–Trinajstić information content (AvgIpc) is 3.09. The molecule has 3 N–H and O–H groups in total. The predicted molar refractivity (Wildman–Crippen MR) is 74.1 cm³/mol. The number of hydrogen-bond donors (Lipinski definition) is 2. The van der Waals surface area contributed by atoms with Crippen LogP contribution in [0.15, 0.2) is 18.3 Å². The van der Waals surface area contributed by atoms with Gasteiger partial charge < -0.3 is 16.0 Å². The molecule has 102 valence electrons. The summed E-state index contributed by atoms with van der Waals surface area (Å²) in [4.78, 5) is 18.2. The summed E-state index contributed by atoms with van der Waals surface area (Å²) in [5, 5.41) is 3.56. The van der Waals surface area contributed by atoms with Crippen LogP contribution in [0.25, 0.3) is 0 Å². The molecule has 1 amide bonds. The Bertz CT molecular complexity index is 470. The molecule has 2 saturated heterocycles. The first-order valence-electron chi connectivity index (χ1n) is 7.02. The quantitative estimate of drug-likeness (QED) is 0.847. The molecule has 2 unspecified atom stereocenters. The minimum atomic E-state index is -0.395. The van der Waals surface area contributed by atoms with Gasteiger partial charge in [-0.1, -0.05) is 0 Å². The van der Waals surface area contributed by atoms with Crippen molar-refractivity contribution >= 4 is 11.7 Å². The van der Waals surface area contributed by atoms with Crippen molar-refractivity contribution in [3.05, 3.63) is 23.9 Å². The zero-order chi connectivity index (χ0) is 13.2. The summed E-state index contributed by atoms with van der Waals surface area (Å²) in [6.07, 6.45) is 6.49. The Labute approximate surface area is 113 Å². The van der Waals surface area contributed by atoms with E-state index in [1.807, 2.05) is 0 Å². The van der Waals surface area contributed by atoms with Crippen molar-refractivity contribution in [2.75, 3.05) is 18.0 Å². The van der Waals surface area contributed by atoms with Crippen molar-refractivity contribution in [3.8, 4) is 0 Å². The first-order valence-corrected chi connectivity index (χ1v) is 7.02. The van der Waals surface area contributed by atoms with Crippen LogP contribution < -0.4 is 16.0 Å². The highest BCUT2D eigenvalue weighted by atomic mass is 16.1. The lowest BCUT2D eigenvalue weighted by molar-refractivity contribution is 0.100. The van der Waals surface area contributed by atoms with Gasteiger partial charge in [0.2, 0.25) is 0 Å². The number of anilines is 1. The smallest absolute Gasteiger partial charge is 0.252 e. The Morgan fingerprint density at radius 1 is 1.42 bits per heavy atom. The average molecular weight is 260 g/mol. The third-order valence-electron chi connectivity index (χ3n) is 4.19. The Kier molecular flexibility index (Phi) is 3.38. The largest absolute Gasteiger partial charge is 0.365 e. The van der Waals surface area contributed by atoms with Crippen LogP contribution in [0.5, 0.6) is 0 Å². The van der Waals surface area contributed by atoms with Gasteiger partial charge >= 0.3 is 0 Å². The van der Waals surface area contributed by atoms with Gasteiger partial charge in [-0.15, -0.1) is 0 Å². The van der Waals surface area contributed by atoms with Crippen molar-refractivity contribution < 1.29 is 4.79 Å². The zero-order valence-corrected chi connectivity index (χ0v) is 11.0. The van der Waals surface area contributed by atoms with Gasteiger partial charge in [0.1, 0.15) is 5.82 Å². The molecule has 2 fully saturated rings. The van der Waals surface area contributed by atoms with Crippen LogP contribution in [0.2, 0.25) is 0 Å². The van der Waals surface area contributed by atoms with Crippen molar-refractivity contribution in [2.45, 2.75) is 37.8 Å². The van der Waals surface area contributed by atoms with Gasteiger partial charge in [-0.3, -0.25) is 4.79 Å². The fourth-order valence-corrected chi connectivity index (χ4v) is 3.33. The maximum absolute atomic E-state index is 11.5. The predicted octanol–water partition coefficient (Wildman–Crippen LogP) is 0.901. The number of nitrogens with one attached hydrogen (secondary N) is 1. The number of hydrogen-bond acceptors (Lipinski definition) is 4. The number of nitrogens with two attached hydrogens (primary N) is 1. The lowest BCUT2D eigenvalue weighted by Crippen LogP contribution is -2.45. The van der Waals surface area contributed by atoms with E-state index >= 15 is 0 Å². The van der Waals surface area contributed by atoms with Gasteiger partial charge in [0.15, 0.2) is 0 Å². The summed E-state index contributed by atoms with van der Waals surface area (Å²) >= 11 is 0. The molecule has 2 aliphatic heterocycles. The molecule has 0 radical (unpaired) electrons. The van der Waals surface area contributed by atoms with E-state index in [0.717, 1.165) is 31.7 Å². The number of aromatic nitrogens is 1. The lowest BCUT2D eigenvalue weighted by atomic mass is 10.0. The summed E-state index contributed by atoms with van der Waals surface area (Å²) in [5.41, 5.74) is 5.99. The minimum Gasteiger partial charge on any atom is -0.365 e. The first-order chi connectivity index (χ1) is 9.27. The lowest BCUT2D eigenvalue weighted by Gasteiger charge is -2.31. The molecule has 5 heteroatoms. The molecule has 0 aromatic carbocycles. The number of nitrogens with zero attached hydrogens (tertiary/aromatic N) is 2. The monoisotopic (exact) mass is 260 g/mol. The molecular formula is C14H20N4O. The molecule has 3 rings (SSSR count). The van der Waals surface area contributed by atoms with Crippen LogP contribution in [-0.2, 0) is 0 Å². The maximum Gasteiger partial charge on any atom is 0.252 e. The number of amides is 1. The van der Waals surface area contributed by atoms with E-state index in [9.17, 15) is 4.79 Å². The van der Waals surface area contributed by atoms with Crippen LogP contribution in [-0.4, -0.2) is 36.1 Å². The molecule has 0 saturated carbocycles. The Morgan fingerprint density at radius 3 is 3.05 bits per heavy atom. The van der Waals surface area contributed by atoms with Gasteiger partial charge in [-0.2, -0.15) is 0 Å². The number of carbonyl (C=O) groups excluding carboxylic acids is 1. The number of carbonyl (C=O) groups is 1. The van der Waals surface area contributed by atoms with Gasteiger partial charge in [-0.05, 0) is 44.4 Å². The van der Waals surface area contributed by atoms with Crippen molar-refractivity contribution in [3.63, 3.8) is 0 Å². The molecule has 1 aromatic rings. The Morgan fingerprint density at radius 2 is 2.32 bits per heavy atom. The van der Waals surface area contributed by atoms with E-state index in [1.165, 1.54) is 12.8 Å². The van der Waals surface area contributed by atoms with E-state index in [1.54, 1.807) is 18.3 Å². The molecule has 3 heterocycles. The van der Waals surface area contributed by atoms with Crippen LogP contribution in [0, 0.1) is 0 Å². The highest BCUT2D eigenvalue weighted by molar-refractivity contribution is 5.97. The summed E-state index contributed by atoms with van der Waals surface area (Å²) < 4.78 is 0. The zero-order valence-electron chi connectivity index (χ0n) is 11.0. The highest BCUT2D eigenvalue weighted by Gasteiger charge is 2.35. The van der Waals surface area contributed by atoms with E-state index in [4.69, 9.17) is 5.73 Å². The van der Waals surface area contributed by atoms with Crippen molar-refractivity contribution in [1.29, 1.82) is 0 Å². The van der Waals surface area contributed by atoms with Crippen LogP contribution in [0.3, 0.4) is 0 Å². The van der Waals surface area contributed by atoms with Crippen LogP contribution in [0.4, 0.5) is 5.82 Å². The van der Waals surface area contributed by atoms with E-state index in [2.05, 4.69) is 15.2 Å². The molecular weight excluding hydrogens is 240 g/mol. The number of primary amides is 1. The fraction of sp³-hybridized carbons (Fsp3) is 0.571. The molecule has 0 bridgehead atoms. The summed E-state index contributed by atoms with van der Waals surface area (Å²) in [5.74, 6) is 0.360. The second-order valence-electron chi connectivity index (χ2n) is 5.34. The van der Waals surface area contributed by atoms with Gasteiger partial charge in [0.25, 0.3) is 5.91 Å². The van der Waals surface area contributed by atoms with E-state index in [-0.39, 0.29) is 0 Å². The SMILES string of the molecule is NC(=O)c1cccnc1N1CCCC1C1CCCN1. The number of pyridine rings is 1. The van der Waals surface area contributed by atoms with E-state index < -0.39 is 5.91 Å². The Balaban J connectivity index is 1.90. The van der Waals surface area contributed by atoms with Crippen LogP contribution in [0.1, 0.15) is 36.0 Å². The summed E-state index contributed by atoms with van der Waals surface area (Å²) in [7, 11) is 0. The standard InChI is InChI=1S/C14H20N4O/c15-13(19)10-4-1-8-17-14(10)18-9-3-6-12(18)11-5-2-7-16-11/h1,4,8,11-12,16H,2-3,5-7,9H2,(H2,15,19). The second kappa shape index (κ2) is 5.17. The topological polar surface area (TPSA) is 71.2 Å². The fourth-order valence-electron chi connectivity index (χ4n) is 3.33. The molecule has 2 atom stereocenters. The molecule has 19 heavy (non-hydrogen) atoms. The summed E-state index contributed by atoms with van der Waals surface area (Å²) in [6.45, 7) is 2.06. The van der Waals surface area contributed by atoms with Crippen LogP contribution >= 0.6 is 0 Å². The Hall–Kier alpha value is -1.62. The molecule has 1 aromatic heterocycles. The third kappa shape index (κ3) is 2.30. The normalized spacial score (nSPS) is 26.8. The molecule has 0 aliphatic carbocycles. The molecule has 5 nitrogen and oxygen atoms in total. The van der Waals surface area contributed by atoms with Gasteiger partial charge in [-0.25, -0.2) is 4.98 Å². The van der Waals surface area contributed by atoms with Crippen molar-refractivity contribution in [1.82, 2.24) is 10.3 Å². The minimum absolute atomic E-state index is 0.395. The highest BCUT2D eigenvalue weighted by Crippen LogP contribution is 2.30. The molecule has 2 aliphatic rings. The van der Waals surface area contributed by atoms with Gasteiger partial charge in [0.05, 0.1) is 5.56 Å². The third-order valence-corrected chi connectivity index (χ3v) is 4.19. The summed E-state index contributed by atoms with van der Waals surface area (Å²) in [6, 6.07) is 4.49. The van der Waals surface area contributed by atoms with Crippen molar-refractivity contribution in [2.24, 2.45) is 5.73 Å². The van der Waals surface area contributed by atoms with E-state index in [0.29, 0.717) is 17.6 Å². The van der Waals surface area contributed by atoms with Gasteiger partial charge in [0, 0.05) is 24.8 Å². The first kappa shape index (κ1) is 12.4. The number of rotatable bonds is 3. The second-order valence-corrected chi connectivity index (χ2v) is 5.34. The maximum atomic E-state index is 11.5. The molecule has 0 spiro atoms.